The summed E-state index contributed by atoms with van der Waals surface area (Å²) in [5.74, 6) is -14.9. The molecule has 0 aliphatic carbocycles. The number of pyridine rings is 2. The largest absolute Gasteiger partial charge is 2.00 e. The van der Waals surface area contributed by atoms with E-state index in [1.54, 1.807) is 26.0 Å². The summed E-state index contributed by atoms with van der Waals surface area (Å²) < 4.78 is 115. The monoisotopic (exact) mass is 767 g/mol. The molecule has 0 unspecified atom stereocenters. The smallest absolute Gasteiger partial charge is 0.409 e. The van der Waals surface area contributed by atoms with Gasteiger partial charge in [0.25, 0.3) is 0 Å². The number of aromatic nitrogens is 6. The van der Waals surface area contributed by atoms with Crippen LogP contribution in [0.25, 0.3) is 33.7 Å². The Labute approximate surface area is 244 Å². The molecule has 216 valence electrons. The van der Waals surface area contributed by atoms with E-state index in [4.69, 9.17) is 0 Å². The van der Waals surface area contributed by atoms with Gasteiger partial charge in [-0.1, -0.05) is 24.3 Å². The van der Waals surface area contributed by atoms with Crippen molar-refractivity contribution in [3.05, 3.63) is 107 Å². The molecule has 0 saturated carbocycles. The number of imidazole rings is 2. The van der Waals surface area contributed by atoms with E-state index in [9.17, 15) is 35.1 Å². The fraction of sp³-hybridized carbons (Fsp3) is 0.111. The van der Waals surface area contributed by atoms with E-state index in [-0.39, 0.29) is 32.7 Å². The maximum Gasteiger partial charge on any atom is 2.00 e. The zero-order chi connectivity index (χ0) is 29.4. The zero-order valence-electron chi connectivity index (χ0n) is 21.0. The first-order chi connectivity index (χ1) is 19.4. The third-order valence-electron chi connectivity index (χ3n) is 6.61. The number of rotatable bonds is 4. The van der Waals surface area contributed by atoms with Crippen LogP contribution in [0.1, 0.15) is 25.2 Å². The van der Waals surface area contributed by atoms with Crippen molar-refractivity contribution in [3.63, 3.8) is 0 Å². The molecule has 0 bridgehead atoms. The molecule has 0 atom stereocenters. The van der Waals surface area contributed by atoms with Crippen LogP contribution in [-0.4, -0.2) is 29.1 Å². The van der Waals surface area contributed by atoms with Crippen molar-refractivity contribution in [2.75, 3.05) is 0 Å². The van der Waals surface area contributed by atoms with Gasteiger partial charge in [0, 0.05) is 40.5 Å². The summed E-state index contributed by atoms with van der Waals surface area (Å²) in [7, 11) is 0. The Hall–Kier alpha value is -4.19. The predicted octanol–water partition coefficient (Wildman–Crippen LogP) is 6.19. The van der Waals surface area contributed by atoms with Crippen LogP contribution >= 0.6 is 0 Å². The average molecular weight is 767 g/mol. The van der Waals surface area contributed by atoms with Crippen LogP contribution in [0.2, 0.25) is 0 Å². The van der Waals surface area contributed by atoms with E-state index in [2.05, 4.69) is 32.6 Å². The number of benzene rings is 2. The predicted molar refractivity (Wildman–Crippen MR) is 127 cm³/mol. The van der Waals surface area contributed by atoms with Gasteiger partial charge < -0.3 is 19.1 Å². The van der Waals surface area contributed by atoms with Crippen molar-refractivity contribution >= 4 is 22.1 Å². The van der Waals surface area contributed by atoms with E-state index in [0.29, 0.717) is 11.4 Å². The third-order valence-corrected chi connectivity index (χ3v) is 6.61. The maximum absolute atomic E-state index is 14.6. The van der Waals surface area contributed by atoms with Gasteiger partial charge in [0.2, 0.25) is 0 Å². The zero-order valence-corrected chi connectivity index (χ0v) is 23.3. The molecule has 0 saturated heterocycles. The van der Waals surface area contributed by atoms with Crippen molar-refractivity contribution in [1.29, 1.82) is 0 Å². The van der Waals surface area contributed by atoms with E-state index < -0.39 is 74.0 Å². The molecule has 4 heterocycles. The van der Waals surface area contributed by atoms with Crippen LogP contribution in [-0.2, 0) is 26.5 Å². The summed E-state index contributed by atoms with van der Waals surface area (Å²) >= 11 is 0. The number of nitrogens with zero attached hydrogens (tertiary/aromatic N) is 6. The molecular weight excluding hydrogens is 755 g/mol. The number of fused-ring (bicyclic) bond motifs is 2. The molecule has 0 N–H and O–H groups in total. The van der Waals surface area contributed by atoms with Crippen LogP contribution in [0.3, 0.4) is 0 Å². The SMILES string of the molecule is CC(C)(c1cccc(-n2[c-]nc3c(F)c(F)c(F)c(F)c32)n1)c1cccc(-n2[c-]nc3c(F)c(F)c(F)c(F)c32)n1.[Pt+2]. The molecule has 0 radical (unpaired) electrons. The minimum atomic E-state index is -2.02. The van der Waals surface area contributed by atoms with Gasteiger partial charge in [-0.05, 0) is 37.0 Å². The maximum atomic E-state index is 14.6. The van der Waals surface area contributed by atoms with Gasteiger partial charge in [-0.15, -0.1) is 0 Å². The van der Waals surface area contributed by atoms with Gasteiger partial charge >= 0.3 is 21.1 Å². The number of hydrogen-bond acceptors (Lipinski definition) is 4. The summed E-state index contributed by atoms with van der Waals surface area (Å²) in [5.41, 5.74) is -3.49. The van der Waals surface area contributed by atoms with E-state index in [1.165, 1.54) is 24.3 Å². The molecule has 6 nitrogen and oxygen atoms in total. The van der Waals surface area contributed by atoms with E-state index >= 15 is 0 Å². The Morgan fingerprint density at radius 3 is 1.29 bits per heavy atom. The van der Waals surface area contributed by atoms with Crippen LogP contribution in [0.15, 0.2) is 36.4 Å². The summed E-state index contributed by atoms with van der Waals surface area (Å²) in [6.45, 7) is 3.36. The summed E-state index contributed by atoms with van der Waals surface area (Å²) in [6, 6.07) is 8.89. The van der Waals surface area contributed by atoms with Crippen molar-refractivity contribution < 1.29 is 56.2 Å². The topological polar surface area (TPSA) is 61.4 Å². The number of halogens is 8. The Morgan fingerprint density at radius 1 is 0.548 bits per heavy atom. The second-order valence-corrected chi connectivity index (χ2v) is 9.39. The van der Waals surface area contributed by atoms with Gasteiger partial charge in [0.15, 0.2) is 23.3 Å². The van der Waals surface area contributed by atoms with Crippen LogP contribution in [0.4, 0.5) is 35.1 Å². The van der Waals surface area contributed by atoms with Crippen LogP contribution < -0.4 is 0 Å². The second-order valence-electron chi connectivity index (χ2n) is 9.39. The van der Waals surface area contributed by atoms with Gasteiger partial charge in [-0.2, -0.15) is 0 Å². The Kier molecular flexibility index (Phi) is 7.16. The molecule has 15 heteroatoms. The molecule has 0 aliphatic rings. The summed E-state index contributed by atoms with van der Waals surface area (Å²) in [4.78, 5) is 16.0. The minimum absolute atomic E-state index is 0. The summed E-state index contributed by atoms with van der Waals surface area (Å²) in [5, 5.41) is 0. The Balaban J connectivity index is 0.00000353. The first kappa shape index (κ1) is 29.3. The standard InChI is InChI=1S/C27H12F8N6.Pt/c1-27(2,11-5-3-7-13(38-11)40-9-36-23-19(32)15(28)17(30)21(34)25(23)40)12-6-4-8-14(39-12)41-10-37-24-20(33)16(29)18(31)22(35)26(24)41;/h3-8H,1-2H3;/q-2;+2. The molecule has 0 spiro atoms. The van der Waals surface area contributed by atoms with E-state index in [1.807, 2.05) is 0 Å². The molecule has 4 aromatic heterocycles. The quantitative estimate of drug-likeness (QED) is 0.0930. The number of hydrogen-bond donors (Lipinski definition) is 0. The second kappa shape index (κ2) is 10.3. The van der Waals surface area contributed by atoms with Gasteiger partial charge in [0.05, 0.1) is 11.6 Å². The first-order valence-corrected chi connectivity index (χ1v) is 11.6. The van der Waals surface area contributed by atoms with Gasteiger partial charge in [-0.3, -0.25) is 9.97 Å². The van der Waals surface area contributed by atoms with E-state index in [0.717, 1.165) is 9.13 Å². The average Bonchev–Trinajstić information content (AvgIpc) is 3.63. The van der Waals surface area contributed by atoms with Crippen LogP contribution in [0, 0.1) is 59.2 Å². The molecule has 2 aromatic carbocycles. The molecule has 0 fully saturated rings. The molecule has 6 rings (SSSR count). The third kappa shape index (κ3) is 4.19. The summed E-state index contributed by atoms with van der Waals surface area (Å²) in [6.07, 6.45) is 4.57. The Bertz CT molecular complexity index is 1890. The van der Waals surface area contributed by atoms with Crippen molar-refractivity contribution in [2.45, 2.75) is 19.3 Å². The van der Waals surface area contributed by atoms with Gasteiger partial charge in [-0.25, -0.2) is 35.1 Å². The van der Waals surface area contributed by atoms with Crippen molar-refractivity contribution in [3.8, 4) is 11.6 Å². The molecule has 0 aliphatic heterocycles. The minimum Gasteiger partial charge on any atom is -0.409 e. The fourth-order valence-corrected chi connectivity index (χ4v) is 4.38. The molecular formula is C27H12F8N6Pt. The first-order valence-electron chi connectivity index (χ1n) is 11.6. The molecule has 42 heavy (non-hydrogen) atoms. The molecule has 0 amide bonds. The Morgan fingerprint density at radius 2 is 0.905 bits per heavy atom. The normalized spacial score (nSPS) is 11.9. The van der Waals surface area contributed by atoms with Crippen LogP contribution in [0.5, 0.6) is 0 Å². The van der Waals surface area contributed by atoms with Crippen molar-refractivity contribution in [1.82, 2.24) is 29.1 Å². The van der Waals surface area contributed by atoms with Gasteiger partial charge in [0.1, 0.15) is 23.3 Å². The van der Waals surface area contributed by atoms with Crippen molar-refractivity contribution in [2.24, 2.45) is 0 Å². The fourth-order valence-electron chi connectivity index (χ4n) is 4.38. The molecule has 6 aromatic rings.